The Bertz CT molecular complexity index is 1480. The molecule has 0 spiro atoms. The summed E-state index contributed by atoms with van der Waals surface area (Å²) >= 11 is 5.89. The molecule has 1 aliphatic rings. The van der Waals surface area contributed by atoms with Gasteiger partial charge in [0.05, 0.1) is 32.4 Å². The zero-order chi connectivity index (χ0) is 28.7. The number of carbonyl (C=O) groups is 1. The number of sulfonamides is 1. The van der Waals surface area contributed by atoms with Gasteiger partial charge in [-0.15, -0.1) is 0 Å². The number of hydrogen-bond acceptors (Lipinski definition) is 8. The lowest BCUT2D eigenvalue weighted by Crippen LogP contribution is -2.44. The topological polar surface area (TPSA) is 116 Å². The first-order chi connectivity index (χ1) is 19.3. The summed E-state index contributed by atoms with van der Waals surface area (Å²) in [5.41, 5.74) is 3.90. The summed E-state index contributed by atoms with van der Waals surface area (Å²) in [7, 11) is 0.836. The average molecular weight is 588 g/mol. The summed E-state index contributed by atoms with van der Waals surface area (Å²) in [6.07, 6.45) is 2.41. The van der Waals surface area contributed by atoms with Crippen molar-refractivity contribution in [2.24, 2.45) is 5.10 Å². The van der Waals surface area contributed by atoms with Gasteiger partial charge < -0.3 is 18.9 Å². The number of ether oxygens (including phenoxy) is 4. The van der Waals surface area contributed by atoms with Crippen molar-refractivity contribution in [2.45, 2.75) is 30.4 Å². The second kappa shape index (κ2) is 13.0. The van der Waals surface area contributed by atoms with E-state index >= 15 is 0 Å². The van der Waals surface area contributed by atoms with E-state index in [4.69, 9.17) is 30.5 Å². The lowest BCUT2D eigenvalue weighted by molar-refractivity contribution is -0.124. The summed E-state index contributed by atoms with van der Waals surface area (Å²) in [4.78, 5) is 12.9. The minimum absolute atomic E-state index is 0.0827. The molecular weight excluding hydrogens is 558 g/mol. The molecule has 1 atom stereocenters. The summed E-state index contributed by atoms with van der Waals surface area (Å²) in [5.74, 6) is 1.81. The van der Waals surface area contributed by atoms with E-state index in [0.717, 1.165) is 5.56 Å². The summed E-state index contributed by atoms with van der Waals surface area (Å²) < 4.78 is 49.5. The van der Waals surface area contributed by atoms with E-state index in [9.17, 15) is 13.2 Å². The molecule has 0 unspecified atom stereocenters. The Labute approximate surface area is 238 Å². The molecule has 3 aromatic rings. The molecule has 0 bridgehead atoms. The number of amides is 1. The zero-order valence-corrected chi connectivity index (χ0v) is 23.9. The molecule has 1 amide bonds. The fourth-order valence-electron chi connectivity index (χ4n) is 4.31. The van der Waals surface area contributed by atoms with Crippen LogP contribution in [0.25, 0.3) is 0 Å². The lowest BCUT2D eigenvalue weighted by atomic mass is 10.2. The first-order valence-corrected chi connectivity index (χ1v) is 14.2. The van der Waals surface area contributed by atoms with Gasteiger partial charge in [-0.25, -0.2) is 13.8 Å². The monoisotopic (exact) mass is 587 g/mol. The van der Waals surface area contributed by atoms with E-state index < -0.39 is 22.0 Å². The number of benzene rings is 3. The molecule has 0 radical (unpaired) electrons. The fourth-order valence-corrected chi connectivity index (χ4v) is 6.09. The Morgan fingerprint density at radius 3 is 2.42 bits per heavy atom. The van der Waals surface area contributed by atoms with E-state index in [0.29, 0.717) is 46.4 Å². The molecule has 1 aliphatic heterocycles. The van der Waals surface area contributed by atoms with Gasteiger partial charge in [0.2, 0.25) is 10.0 Å². The van der Waals surface area contributed by atoms with Gasteiger partial charge in [0.25, 0.3) is 5.91 Å². The van der Waals surface area contributed by atoms with Crippen molar-refractivity contribution in [3.63, 3.8) is 0 Å². The van der Waals surface area contributed by atoms with Gasteiger partial charge in [-0.1, -0.05) is 11.6 Å². The third-order valence-corrected chi connectivity index (χ3v) is 8.55. The van der Waals surface area contributed by atoms with Gasteiger partial charge in [0, 0.05) is 17.1 Å². The molecule has 1 fully saturated rings. The quantitative estimate of drug-likeness (QED) is 0.263. The molecule has 1 N–H and O–H groups in total. The Morgan fingerprint density at radius 2 is 1.73 bits per heavy atom. The van der Waals surface area contributed by atoms with Crippen LogP contribution in [0.5, 0.6) is 23.0 Å². The van der Waals surface area contributed by atoms with Gasteiger partial charge in [0.15, 0.2) is 11.5 Å². The van der Waals surface area contributed by atoms with Crippen LogP contribution in [0.15, 0.2) is 70.7 Å². The Hall–Kier alpha value is -3.80. The Kier molecular flexibility index (Phi) is 9.51. The number of hydrazone groups is 1. The van der Waals surface area contributed by atoms with Gasteiger partial charge in [-0.05, 0) is 79.1 Å². The number of methoxy groups -OCH3 is 3. The normalized spacial score (nSPS) is 15.7. The van der Waals surface area contributed by atoms with Crippen LogP contribution in [0.1, 0.15) is 24.0 Å². The maximum absolute atomic E-state index is 13.1. The van der Waals surface area contributed by atoms with Crippen LogP contribution in [0.4, 0.5) is 0 Å². The predicted octanol–water partition coefficient (Wildman–Crippen LogP) is 4.25. The second-order valence-electron chi connectivity index (χ2n) is 8.84. The summed E-state index contributed by atoms with van der Waals surface area (Å²) in [6, 6.07) is 15.6. The highest BCUT2D eigenvalue weighted by Crippen LogP contribution is 2.31. The maximum atomic E-state index is 13.1. The molecule has 10 nitrogen and oxygen atoms in total. The van der Waals surface area contributed by atoms with Crippen LogP contribution < -0.4 is 24.4 Å². The molecule has 12 heteroatoms. The smallest absolute Gasteiger partial charge is 0.258 e. The third-order valence-electron chi connectivity index (χ3n) is 6.37. The van der Waals surface area contributed by atoms with E-state index in [1.807, 2.05) is 6.07 Å². The number of nitrogens with one attached hydrogen (secondary N) is 1. The maximum Gasteiger partial charge on any atom is 0.258 e. The number of rotatable bonds is 11. The molecule has 4 rings (SSSR count). The van der Waals surface area contributed by atoms with Crippen LogP contribution in [0.2, 0.25) is 5.02 Å². The molecule has 1 heterocycles. The molecule has 1 saturated heterocycles. The number of nitrogens with zero attached hydrogens (tertiary/aromatic N) is 2. The molecular formula is C28H30ClN3O7S. The van der Waals surface area contributed by atoms with Gasteiger partial charge >= 0.3 is 0 Å². The highest BCUT2D eigenvalue weighted by atomic mass is 35.5. The molecule has 40 heavy (non-hydrogen) atoms. The predicted molar refractivity (Wildman–Crippen MR) is 151 cm³/mol. The minimum atomic E-state index is -3.86. The SMILES string of the molecule is COc1ccc(OC)c(COc2ccc(/C=N\NC(=O)[C@H]3CCCN3S(=O)(=O)c3ccc(Cl)cc3)cc2OC)c1. The van der Waals surface area contributed by atoms with Gasteiger partial charge in [-0.3, -0.25) is 4.79 Å². The van der Waals surface area contributed by atoms with Crippen molar-refractivity contribution in [1.82, 2.24) is 9.73 Å². The average Bonchev–Trinajstić information content (AvgIpc) is 3.48. The first kappa shape index (κ1) is 29.2. The van der Waals surface area contributed by atoms with Crippen LogP contribution >= 0.6 is 11.6 Å². The first-order valence-electron chi connectivity index (χ1n) is 12.4. The lowest BCUT2D eigenvalue weighted by Gasteiger charge is -2.22. The van der Waals surface area contributed by atoms with E-state index in [1.54, 1.807) is 44.6 Å². The number of hydrogen-bond donors (Lipinski definition) is 1. The molecule has 0 aliphatic carbocycles. The fraction of sp³-hybridized carbons (Fsp3) is 0.286. The van der Waals surface area contributed by atoms with Gasteiger partial charge in [-0.2, -0.15) is 9.41 Å². The number of carbonyl (C=O) groups excluding carboxylic acids is 1. The van der Waals surface area contributed by atoms with Gasteiger partial charge in [0.1, 0.15) is 24.1 Å². The Morgan fingerprint density at radius 1 is 1.00 bits per heavy atom. The van der Waals surface area contributed by atoms with Crippen LogP contribution in [-0.4, -0.2) is 58.8 Å². The van der Waals surface area contributed by atoms with E-state index in [2.05, 4.69) is 10.5 Å². The molecule has 212 valence electrons. The molecule has 0 aromatic heterocycles. The minimum Gasteiger partial charge on any atom is -0.497 e. The van der Waals surface area contributed by atoms with Crippen LogP contribution in [0.3, 0.4) is 0 Å². The van der Waals surface area contributed by atoms with Crippen LogP contribution in [0, 0.1) is 0 Å². The van der Waals surface area contributed by atoms with E-state index in [-0.39, 0.29) is 18.0 Å². The van der Waals surface area contributed by atoms with E-state index in [1.165, 1.54) is 41.9 Å². The number of halogens is 1. The van der Waals surface area contributed by atoms with Crippen molar-refractivity contribution < 1.29 is 32.2 Å². The van der Waals surface area contributed by atoms with Crippen molar-refractivity contribution in [3.05, 3.63) is 76.8 Å². The summed E-state index contributed by atoms with van der Waals surface area (Å²) in [6.45, 7) is 0.462. The summed E-state index contributed by atoms with van der Waals surface area (Å²) in [5, 5.41) is 4.47. The van der Waals surface area contributed by atoms with Crippen LogP contribution in [-0.2, 0) is 21.4 Å². The standard InChI is InChI=1S/C28H30ClN3O7S/c1-36-22-9-13-25(37-2)20(16-22)18-39-26-12-6-19(15-27(26)38-3)17-30-31-28(33)24-5-4-14-32(24)40(34,35)23-10-7-21(29)8-11-23/h6-13,15-17,24H,4-5,14,18H2,1-3H3,(H,31,33)/b30-17-/t24-/m1/s1. The van der Waals surface area contributed by atoms with Crippen molar-refractivity contribution in [2.75, 3.05) is 27.9 Å². The largest absolute Gasteiger partial charge is 0.497 e. The zero-order valence-electron chi connectivity index (χ0n) is 22.3. The molecule has 3 aromatic carbocycles. The van der Waals surface area contributed by atoms with Crippen molar-refractivity contribution in [1.29, 1.82) is 0 Å². The third kappa shape index (κ3) is 6.67. The second-order valence-corrected chi connectivity index (χ2v) is 11.2. The highest BCUT2D eigenvalue weighted by Gasteiger charge is 2.39. The molecule has 0 saturated carbocycles. The van der Waals surface area contributed by atoms with Crippen molar-refractivity contribution in [3.8, 4) is 23.0 Å². The van der Waals surface area contributed by atoms with Crippen molar-refractivity contribution >= 4 is 33.7 Å². The highest BCUT2D eigenvalue weighted by molar-refractivity contribution is 7.89. The Balaban J connectivity index is 1.40.